The van der Waals surface area contributed by atoms with Gasteiger partial charge in [-0.2, -0.15) is 0 Å². The number of hydrogen-bond acceptors (Lipinski definition) is 6. The lowest BCUT2D eigenvalue weighted by molar-refractivity contribution is -0.143. The molecular formula is C19H18O6. The molecule has 0 atom stereocenters. The predicted octanol–water partition coefficient (Wildman–Crippen LogP) is 2.92. The zero-order valence-electron chi connectivity index (χ0n) is 13.8. The molecule has 6 heteroatoms. The Labute approximate surface area is 145 Å². The van der Waals surface area contributed by atoms with Crippen LogP contribution in [0.5, 0.6) is 17.2 Å². The van der Waals surface area contributed by atoms with Crippen molar-refractivity contribution in [1.82, 2.24) is 0 Å². The van der Waals surface area contributed by atoms with Crippen molar-refractivity contribution in [2.45, 2.75) is 13.3 Å². The fraction of sp³-hybridized carbons (Fsp3) is 0.263. The molecule has 0 saturated heterocycles. The number of esters is 1. The average Bonchev–Trinajstić information content (AvgIpc) is 3.09. The largest absolute Gasteiger partial charge is 0.493 e. The monoisotopic (exact) mass is 342 g/mol. The predicted molar refractivity (Wildman–Crippen MR) is 89.1 cm³/mol. The second-order valence-corrected chi connectivity index (χ2v) is 5.56. The van der Waals surface area contributed by atoms with Gasteiger partial charge in [0.2, 0.25) is 6.79 Å². The fourth-order valence-corrected chi connectivity index (χ4v) is 2.26. The molecule has 2 aromatic carbocycles. The zero-order valence-corrected chi connectivity index (χ0v) is 13.8. The molecule has 0 radical (unpaired) electrons. The minimum Gasteiger partial charge on any atom is -0.493 e. The maximum Gasteiger partial charge on any atom is 0.309 e. The highest BCUT2D eigenvalue weighted by molar-refractivity contribution is 5.98. The van der Waals surface area contributed by atoms with Crippen LogP contribution in [0.4, 0.5) is 0 Å². The summed E-state index contributed by atoms with van der Waals surface area (Å²) in [5.74, 6) is 1.02. The Kier molecular flexibility index (Phi) is 5.18. The van der Waals surface area contributed by atoms with Gasteiger partial charge >= 0.3 is 5.97 Å². The van der Waals surface area contributed by atoms with E-state index < -0.39 is 5.97 Å². The van der Waals surface area contributed by atoms with Crippen LogP contribution in [0.15, 0.2) is 42.5 Å². The summed E-state index contributed by atoms with van der Waals surface area (Å²) < 4.78 is 20.9. The molecule has 0 bridgehead atoms. The minimum absolute atomic E-state index is 0.0717. The molecule has 1 aliphatic rings. The van der Waals surface area contributed by atoms with Crippen molar-refractivity contribution >= 4 is 11.8 Å². The van der Waals surface area contributed by atoms with Crippen molar-refractivity contribution in [2.75, 3.05) is 20.0 Å². The number of aryl methyl sites for hydroxylation is 1. The van der Waals surface area contributed by atoms with E-state index in [9.17, 15) is 9.59 Å². The molecule has 6 nitrogen and oxygen atoms in total. The van der Waals surface area contributed by atoms with E-state index in [4.69, 9.17) is 18.9 Å². The van der Waals surface area contributed by atoms with Gasteiger partial charge in [0.15, 0.2) is 23.9 Å². The van der Waals surface area contributed by atoms with Gasteiger partial charge in [-0.25, -0.2) is 0 Å². The van der Waals surface area contributed by atoms with Gasteiger partial charge in [-0.1, -0.05) is 17.7 Å². The highest BCUT2D eigenvalue weighted by atomic mass is 16.7. The molecule has 1 heterocycles. The Morgan fingerprint density at radius 1 is 1.04 bits per heavy atom. The van der Waals surface area contributed by atoms with Crippen LogP contribution in [-0.2, 0) is 9.53 Å². The van der Waals surface area contributed by atoms with E-state index in [-0.39, 0.29) is 32.2 Å². The first-order valence-electron chi connectivity index (χ1n) is 7.90. The molecule has 130 valence electrons. The molecule has 0 amide bonds. The lowest BCUT2D eigenvalue weighted by Crippen LogP contribution is -2.16. The Hall–Kier alpha value is -3.02. The highest BCUT2D eigenvalue weighted by Crippen LogP contribution is 2.32. The Morgan fingerprint density at radius 2 is 1.80 bits per heavy atom. The van der Waals surface area contributed by atoms with Gasteiger partial charge in [-0.05, 0) is 37.3 Å². The van der Waals surface area contributed by atoms with Crippen LogP contribution in [0.25, 0.3) is 0 Å². The lowest BCUT2D eigenvalue weighted by Gasteiger charge is -2.07. The Bertz CT molecular complexity index is 766. The second-order valence-electron chi connectivity index (χ2n) is 5.56. The molecule has 0 aromatic heterocycles. The smallest absolute Gasteiger partial charge is 0.309 e. The number of fused-ring (bicyclic) bond motifs is 1. The lowest BCUT2D eigenvalue weighted by atomic mass is 10.1. The number of Topliss-reactive ketones (excluding diaryl/α,β-unsaturated/α-hetero) is 1. The number of benzene rings is 2. The fourth-order valence-electron chi connectivity index (χ4n) is 2.26. The number of carbonyl (C=O) groups is 2. The van der Waals surface area contributed by atoms with E-state index in [1.807, 2.05) is 31.2 Å². The molecule has 0 aliphatic carbocycles. The molecule has 1 aliphatic heterocycles. The van der Waals surface area contributed by atoms with Crippen LogP contribution in [-0.4, -0.2) is 31.8 Å². The van der Waals surface area contributed by atoms with E-state index in [2.05, 4.69) is 0 Å². The average molecular weight is 342 g/mol. The molecule has 3 rings (SSSR count). The third-order valence-corrected chi connectivity index (χ3v) is 3.65. The summed E-state index contributed by atoms with van der Waals surface area (Å²) in [4.78, 5) is 23.8. The molecule has 0 spiro atoms. The van der Waals surface area contributed by atoms with E-state index >= 15 is 0 Å². The number of hydrogen-bond donors (Lipinski definition) is 0. The number of rotatable bonds is 7. The molecule has 25 heavy (non-hydrogen) atoms. The quantitative estimate of drug-likeness (QED) is 0.569. The number of ether oxygens (including phenoxy) is 4. The number of carbonyl (C=O) groups excluding carboxylic acids is 2. The normalized spacial score (nSPS) is 11.9. The SMILES string of the molecule is Cc1ccc(OCCC(=O)OCC(=O)c2ccc3c(c2)OCO3)cc1. The molecule has 0 N–H and O–H groups in total. The molecule has 0 saturated carbocycles. The maximum atomic E-state index is 12.1. The van der Waals surface area contributed by atoms with Crippen molar-refractivity contribution < 1.29 is 28.5 Å². The maximum absolute atomic E-state index is 12.1. The summed E-state index contributed by atoms with van der Waals surface area (Å²) in [6.45, 7) is 2.00. The van der Waals surface area contributed by atoms with Crippen molar-refractivity contribution in [2.24, 2.45) is 0 Å². The minimum atomic E-state index is -0.485. The first-order valence-corrected chi connectivity index (χ1v) is 7.90. The van der Waals surface area contributed by atoms with Gasteiger partial charge in [0.25, 0.3) is 0 Å². The van der Waals surface area contributed by atoms with Crippen LogP contribution in [0.1, 0.15) is 22.3 Å². The molecule has 2 aromatic rings. The van der Waals surface area contributed by atoms with Gasteiger partial charge in [0.1, 0.15) is 5.75 Å². The van der Waals surface area contributed by atoms with Crippen LogP contribution in [0, 0.1) is 6.92 Å². The van der Waals surface area contributed by atoms with Gasteiger partial charge in [-0.3, -0.25) is 9.59 Å². The summed E-state index contributed by atoms with van der Waals surface area (Å²) in [6, 6.07) is 12.4. The second kappa shape index (κ2) is 7.70. The van der Waals surface area contributed by atoms with Crippen LogP contribution in [0.2, 0.25) is 0 Å². The van der Waals surface area contributed by atoms with Crippen molar-refractivity contribution in [3.05, 3.63) is 53.6 Å². The van der Waals surface area contributed by atoms with E-state index in [0.29, 0.717) is 22.8 Å². The molecular weight excluding hydrogens is 324 g/mol. The highest BCUT2D eigenvalue weighted by Gasteiger charge is 2.17. The third-order valence-electron chi connectivity index (χ3n) is 3.65. The Balaban J connectivity index is 1.41. The molecule has 0 unspecified atom stereocenters. The first kappa shape index (κ1) is 16.8. The van der Waals surface area contributed by atoms with E-state index in [1.165, 1.54) is 0 Å². The van der Waals surface area contributed by atoms with E-state index in [0.717, 1.165) is 5.56 Å². The van der Waals surface area contributed by atoms with Crippen molar-refractivity contribution in [3.8, 4) is 17.2 Å². The summed E-state index contributed by atoms with van der Waals surface area (Å²) in [7, 11) is 0. The zero-order chi connectivity index (χ0) is 17.6. The Morgan fingerprint density at radius 3 is 2.60 bits per heavy atom. The van der Waals surface area contributed by atoms with Gasteiger partial charge in [0, 0.05) is 5.56 Å². The summed E-state index contributed by atoms with van der Waals surface area (Å²) in [5, 5.41) is 0. The van der Waals surface area contributed by atoms with Crippen molar-refractivity contribution in [1.29, 1.82) is 0 Å². The van der Waals surface area contributed by atoms with Crippen LogP contribution in [0.3, 0.4) is 0 Å². The van der Waals surface area contributed by atoms with E-state index in [1.54, 1.807) is 18.2 Å². The third kappa shape index (κ3) is 4.50. The van der Waals surface area contributed by atoms with Crippen LogP contribution >= 0.6 is 0 Å². The van der Waals surface area contributed by atoms with Gasteiger partial charge in [-0.15, -0.1) is 0 Å². The topological polar surface area (TPSA) is 71.1 Å². The summed E-state index contributed by atoms with van der Waals surface area (Å²) in [5.41, 5.74) is 1.54. The standard InChI is InChI=1S/C19H18O6/c1-13-2-5-15(6-3-13)22-9-8-19(21)23-11-16(20)14-4-7-17-18(10-14)25-12-24-17/h2-7,10H,8-9,11-12H2,1H3. The van der Waals surface area contributed by atoms with Gasteiger partial charge < -0.3 is 18.9 Å². The number of ketones is 1. The first-order chi connectivity index (χ1) is 12.1. The summed E-state index contributed by atoms with van der Waals surface area (Å²) >= 11 is 0. The van der Waals surface area contributed by atoms with Crippen molar-refractivity contribution in [3.63, 3.8) is 0 Å². The van der Waals surface area contributed by atoms with Crippen LogP contribution < -0.4 is 14.2 Å². The summed E-state index contributed by atoms with van der Waals surface area (Å²) in [6.07, 6.45) is 0.0717. The molecule has 0 fully saturated rings. The van der Waals surface area contributed by atoms with Gasteiger partial charge in [0.05, 0.1) is 13.0 Å².